The quantitative estimate of drug-likeness (QED) is 0.410. The largest absolute Gasteiger partial charge is 0.458 e. The van der Waals surface area contributed by atoms with Crippen molar-refractivity contribution in [3.05, 3.63) is 48.5 Å². The first-order valence-electron chi connectivity index (χ1n) is 10.6. The normalized spacial score (nSPS) is 31.9. The fraction of sp³-hybridized carbons (Fsp3) is 0.565. The van der Waals surface area contributed by atoms with Gasteiger partial charge in [0.1, 0.15) is 17.3 Å². The predicted molar refractivity (Wildman–Crippen MR) is 106 cm³/mol. The average molecular weight is 393 g/mol. The minimum atomic E-state index is -1.29. The fourth-order valence-electron chi connectivity index (χ4n) is 6.32. The fourth-order valence-corrected chi connectivity index (χ4v) is 6.32. The van der Waals surface area contributed by atoms with Crippen molar-refractivity contribution in [3.63, 3.8) is 0 Å². The van der Waals surface area contributed by atoms with Crippen molar-refractivity contribution >= 4 is 12.3 Å². The molecule has 2 heterocycles. The third-order valence-electron chi connectivity index (χ3n) is 7.20. The van der Waals surface area contributed by atoms with Crippen LogP contribution in [-0.4, -0.2) is 32.6 Å². The van der Waals surface area contributed by atoms with E-state index in [0.717, 1.165) is 31.1 Å². The second-order valence-corrected chi connectivity index (χ2v) is 9.50. The third-order valence-corrected chi connectivity index (χ3v) is 7.20. The molecular weight excluding hydrogens is 366 g/mol. The molecule has 4 aliphatic carbocycles. The Labute approximate surface area is 170 Å². The molecule has 29 heavy (non-hydrogen) atoms. The molecule has 0 aromatic carbocycles. The number of aromatic nitrogens is 3. The Morgan fingerprint density at radius 1 is 1.14 bits per heavy atom. The van der Waals surface area contributed by atoms with Gasteiger partial charge < -0.3 is 9.53 Å². The summed E-state index contributed by atoms with van der Waals surface area (Å²) in [4.78, 5) is 30.1. The maximum absolute atomic E-state index is 13.6. The summed E-state index contributed by atoms with van der Waals surface area (Å²) in [6.45, 7) is 0.178. The van der Waals surface area contributed by atoms with Crippen LogP contribution >= 0.6 is 0 Å². The monoisotopic (exact) mass is 393 g/mol. The van der Waals surface area contributed by atoms with Gasteiger partial charge in [-0.05, 0) is 86.5 Å². The second kappa shape index (κ2) is 7.08. The number of hydrogen-bond donors (Lipinski definition) is 0. The lowest BCUT2D eigenvalue weighted by atomic mass is 9.54. The summed E-state index contributed by atoms with van der Waals surface area (Å²) in [7, 11) is 0. The molecule has 2 aromatic heterocycles. The predicted octanol–water partition coefficient (Wildman–Crippen LogP) is 3.22. The number of carbonyl (C=O) groups excluding carboxylic acids is 2. The molecule has 6 nitrogen and oxygen atoms in total. The van der Waals surface area contributed by atoms with Crippen molar-refractivity contribution in [1.82, 2.24) is 14.8 Å². The van der Waals surface area contributed by atoms with E-state index < -0.39 is 11.4 Å². The van der Waals surface area contributed by atoms with E-state index in [1.807, 2.05) is 12.1 Å². The molecule has 0 spiro atoms. The summed E-state index contributed by atoms with van der Waals surface area (Å²) in [6.07, 6.45) is 14.6. The third kappa shape index (κ3) is 3.49. The van der Waals surface area contributed by atoms with Crippen molar-refractivity contribution in [2.45, 2.75) is 57.1 Å². The van der Waals surface area contributed by atoms with Crippen molar-refractivity contribution in [3.8, 4) is 0 Å². The summed E-state index contributed by atoms with van der Waals surface area (Å²) in [5.41, 5.74) is -0.777. The van der Waals surface area contributed by atoms with Crippen molar-refractivity contribution in [2.24, 2.45) is 23.2 Å². The highest BCUT2D eigenvalue weighted by atomic mass is 16.6. The van der Waals surface area contributed by atoms with Gasteiger partial charge in [0.15, 0.2) is 0 Å². The number of carbonyl (C=O) groups is 2. The SMILES string of the molecule is O=CC(Cc1ccncc1)(Cn1cccn1)C(=O)OC12CC3CC(CC(C3)C1)C2. The van der Waals surface area contributed by atoms with Gasteiger partial charge in [-0.25, -0.2) is 0 Å². The van der Waals surface area contributed by atoms with E-state index in [9.17, 15) is 9.59 Å². The molecule has 1 unspecified atom stereocenters. The van der Waals surface area contributed by atoms with E-state index >= 15 is 0 Å². The molecule has 4 aliphatic rings. The van der Waals surface area contributed by atoms with Gasteiger partial charge in [0.05, 0.1) is 6.54 Å². The van der Waals surface area contributed by atoms with Gasteiger partial charge in [-0.15, -0.1) is 0 Å². The van der Waals surface area contributed by atoms with E-state index in [1.165, 1.54) is 19.3 Å². The van der Waals surface area contributed by atoms with Crippen molar-refractivity contribution in [1.29, 1.82) is 0 Å². The van der Waals surface area contributed by atoms with E-state index in [4.69, 9.17) is 4.74 Å². The molecule has 0 radical (unpaired) electrons. The number of pyridine rings is 1. The summed E-state index contributed by atoms with van der Waals surface area (Å²) < 4.78 is 7.95. The Bertz CT molecular complexity index is 845. The number of nitrogens with zero attached hydrogens (tertiary/aromatic N) is 3. The molecule has 4 fully saturated rings. The van der Waals surface area contributed by atoms with Gasteiger partial charge in [-0.1, -0.05) is 0 Å². The molecule has 0 aliphatic heterocycles. The van der Waals surface area contributed by atoms with Crippen LogP contribution in [0.4, 0.5) is 0 Å². The average Bonchev–Trinajstić information content (AvgIpc) is 3.19. The highest BCUT2D eigenvalue weighted by molar-refractivity contribution is 5.93. The highest BCUT2D eigenvalue weighted by Crippen LogP contribution is 2.57. The van der Waals surface area contributed by atoms with E-state index in [1.54, 1.807) is 35.5 Å². The lowest BCUT2D eigenvalue weighted by Crippen LogP contribution is -2.55. The Balaban J connectivity index is 1.43. The van der Waals surface area contributed by atoms with Crippen LogP contribution in [0, 0.1) is 23.2 Å². The van der Waals surface area contributed by atoms with Crippen molar-refractivity contribution < 1.29 is 14.3 Å². The highest BCUT2D eigenvalue weighted by Gasteiger charge is 2.55. The number of ether oxygens (including phenoxy) is 1. The van der Waals surface area contributed by atoms with E-state index in [0.29, 0.717) is 17.8 Å². The summed E-state index contributed by atoms with van der Waals surface area (Å²) in [5, 5.41) is 4.24. The minimum absolute atomic E-state index is 0.178. The number of hydrogen-bond acceptors (Lipinski definition) is 5. The van der Waals surface area contributed by atoms with E-state index in [2.05, 4.69) is 10.1 Å². The zero-order chi connectivity index (χ0) is 19.9. The van der Waals surface area contributed by atoms with Crippen LogP contribution < -0.4 is 0 Å². The number of aldehydes is 1. The van der Waals surface area contributed by atoms with Crippen LogP contribution in [0.15, 0.2) is 43.0 Å². The summed E-state index contributed by atoms with van der Waals surface area (Å²) in [5.74, 6) is 1.62. The van der Waals surface area contributed by atoms with Gasteiger partial charge in [-0.3, -0.25) is 14.5 Å². The van der Waals surface area contributed by atoms with Crippen LogP contribution in [0.2, 0.25) is 0 Å². The van der Waals surface area contributed by atoms with Crippen LogP contribution in [0.3, 0.4) is 0 Å². The number of esters is 1. The Kier molecular flexibility index (Phi) is 4.52. The molecule has 2 aromatic rings. The maximum atomic E-state index is 13.6. The molecule has 4 bridgehead atoms. The van der Waals surface area contributed by atoms with Gasteiger partial charge in [0.2, 0.25) is 0 Å². The van der Waals surface area contributed by atoms with Crippen LogP contribution in [-0.2, 0) is 27.3 Å². The van der Waals surface area contributed by atoms with Crippen LogP contribution in [0.1, 0.15) is 44.1 Å². The van der Waals surface area contributed by atoms with E-state index in [-0.39, 0.29) is 18.6 Å². The Hall–Kier alpha value is -2.50. The molecule has 0 saturated heterocycles. The van der Waals surface area contributed by atoms with Gasteiger partial charge in [0, 0.05) is 24.8 Å². The molecule has 1 atom stereocenters. The Morgan fingerprint density at radius 2 is 1.79 bits per heavy atom. The molecular formula is C23H27N3O3. The molecule has 152 valence electrons. The van der Waals surface area contributed by atoms with Gasteiger partial charge in [0.25, 0.3) is 0 Å². The second-order valence-electron chi connectivity index (χ2n) is 9.50. The van der Waals surface area contributed by atoms with Gasteiger partial charge in [-0.2, -0.15) is 5.10 Å². The minimum Gasteiger partial charge on any atom is -0.458 e. The Morgan fingerprint density at radius 3 is 2.34 bits per heavy atom. The van der Waals surface area contributed by atoms with Gasteiger partial charge >= 0.3 is 5.97 Å². The zero-order valence-corrected chi connectivity index (χ0v) is 16.6. The molecule has 0 N–H and O–H groups in total. The molecule has 0 amide bonds. The summed E-state index contributed by atoms with van der Waals surface area (Å²) >= 11 is 0. The van der Waals surface area contributed by atoms with Crippen LogP contribution in [0.25, 0.3) is 0 Å². The smallest absolute Gasteiger partial charge is 0.322 e. The lowest BCUT2D eigenvalue weighted by Gasteiger charge is -2.56. The first-order chi connectivity index (χ1) is 14.1. The summed E-state index contributed by atoms with van der Waals surface area (Å²) in [6, 6.07) is 5.49. The number of rotatable bonds is 7. The lowest BCUT2D eigenvalue weighted by molar-refractivity contribution is -0.197. The molecule has 6 heteroatoms. The first kappa shape index (κ1) is 18.5. The maximum Gasteiger partial charge on any atom is 0.322 e. The topological polar surface area (TPSA) is 74.1 Å². The molecule has 4 saturated carbocycles. The molecule has 6 rings (SSSR count). The zero-order valence-electron chi connectivity index (χ0n) is 16.6. The van der Waals surface area contributed by atoms with Crippen molar-refractivity contribution in [2.75, 3.05) is 0 Å². The first-order valence-corrected chi connectivity index (χ1v) is 10.6. The standard InChI is InChI=1S/C23H27N3O3/c27-16-22(15-26-7-1-4-25-26,11-17-2-5-24-6-3-17)21(28)29-23-12-18-8-19(13-23)10-20(9-18)14-23/h1-7,16,18-20H,8-15H2. The van der Waals surface area contributed by atoms with Crippen LogP contribution in [0.5, 0.6) is 0 Å².